The summed E-state index contributed by atoms with van der Waals surface area (Å²) in [5.74, 6) is -3.48. The Hall–Kier alpha value is -5.12. The molecule has 4 rings (SSSR count). The molecule has 2 amide bonds. The Morgan fingerprint density at radius 2 is 1.69 bits per heavy atom. The molecule has 0 aliphatic carbocycles. The number of nitrogens with zero attached hydrogens (tertiary/aromatic N) is 2. The number of benzene rings is 3. The van der Waals surface area contributed by atoms with E-state index in [1.807, 2.05) is 56.3 Å². The van der Waals surface area contributed by atoms with Crippen molar-refractivity contribution in [3.8, 4) is 0 Å². The molecule has 3 aromatic rings. The number of carbonyl (C=O) groups is 4. The van der Waals surface area contributed by atoms with E-state index in [4.69, 9.17) is 10.4 Å². The first kappa shape index (κ1) is 29.9. The van der Waals surface area contributed by atoms with E-state index in [9.17, 15) is 24.3 Å². The number of carbonyl (C=O) groups excluding carboxylic acids is 3. The highest BCUT2D eigenvalue weighted by atomic mass is 16.7. The number of nitrogens with one attached hydrogen (secondary N) is 3. The lowest BCUT2D eigenvalue weighted by atomic mass is 9.90. The van der Waals surface area contributed by atoms with Crippen LogP contribution in [0.2, 0.25) is 0 Å². The quantitative estimate of drug-likeness (QED) is 0.148. The molecule has 0 spiro atoms. The van der Waals surface area contributed by atoms with Crippen LogP contribution in [0.4, 0.5) is 0 Å². The van der Waals surface area contributed by atoms with Crippen LogP contribution in [0, 0.1) is 5.92 Å². The molecule has 11 heteroatoms. The zero-order valence-corrected chi connectivity index (χ0v) is 23.1. The lowest BCUT2D eigenvalue weighted by Gasteiger charge is -2.26. The summed E-state index contributed by atoms with van der Waals surface area (Å²) < 4.78 is 0. The lowest BCUT2D eigenvalue weighted by molar-refractivity contribution is -0.147. The van der Waals surface area contributed by atoms with Gasteiger partial charge in [-0.3, -0.25) is 29.5 Å². The third-order valence-electron chi connectivity index (χ3n) is 6.97. The van der Waals surface area contributed by atoms with E-state index >= 15 is 0 Å². The van der Waals surface area contributed by atoms with Gasteiger partial charge in [0.15, 0.2) is 5.60 Å². The van der Waals surface area contributed by atoms with E-state index < -0.39 is 41.8 Å². The summed E-state index contributed by atoms with van der Waals surface area (Å²) in [5, 5.41) is 16.5. The SMILES string of the molecule is CC(C)[C@H](NC(=O)c1cccc2ccccc12)C1=CC(Cc2ccccc2)(C(=O)N[C@@H](CC(=O)O)C(=O)C=[N+]=[N-])ON1. The van der Waals surface area contributed by atoms with Gasteiger partial charge in [-0.05, 0) is 34.4 Å². The molecule has 0 saturated heterocycles. The van der Waals surface area contributed by atoms with Crippen LogP contribution in [0.3, 0.4) is 0 Å². The minimum absolute atomic E-state index is 0.0281. The van der Waals surface area contributed by atoms with E-state index in [2.05, 4.69) is 20.9 Å². The van der Waals surface area contributed by atoms with Crippen molar-refractivity contribution < 1.29 is 33.9 Å². The Kier molecular flexibility index (Phi) is 9.26. The lowest BCUT2D eigenvalue weighted by Crippen LogP contribution is -2.54. The monoisotopic (exact) mass is 569 g/mol. The van der Waals surface area contributed by atoms with Crippen LogP contribution in [-0.4, -0.2) is 57.4 Å². The van der Waals surface area contributed by atoms with Crippen LogP contribution in [0.25, 0.3) is 16.3 Å². The first-order valence-electron chi connectivity index (χ1n) is 13.4. The van der Waals surface area contributed by atoms with E-state index in [1.165, 1.54) is 0 Å². The molecule has 0 radical (unpaired) electrons. The maximum Gasteiger partial charge on any atom is 0.325 e. The number of amides is 2. The summed E-state index contributed by atoms with van der Waals surface area (Å²) in [4.78, 5) is 59.6. The van der Waals surface area contributed by atoms with E-state index in [0.717, 1.165) is 16.3 Å². The van der Waals surface area contributed by atoms with Crippen LogP contribution in [0.5, 0.6) is 0 Å². The standard InChI is InChI=1S/C31H31N5O6/c1-19(2)28(35-29(40)23-14-8-12-21-11-6-7-13-22(21)23)25-17-31(42-36-25,16-20-9-4-3-5-10-20)30(41)34-24(15-27(38)39)26(37)18-33-32/h3-14,17-19,24,28,36H,15-16H2,1-2H3,(H,34,41)(H,35,40)(H,38,39)/t24-,28-,31?/m0/s1. The number of hydroxylamine groups is 1. The number of fused-ring (bicyclic) bond motifs is 1. The van der Waals surface area contributed by atoms with Crippen molar-refractivity contribution in [2.45, 2.75) is 44.4 Å². The maximum absolute atomic E-state index is 13.7. The van der Waals surface area contributed by atoms with Crippen molar-refractivity contribution in [3.05, 3.63) is 101 Å². The Balaban J connectivity index is 1.68. The smallest absolute Gasteiger partial charge is 0.325 e. The van der Waals surface area contributed by atoms with Gasteiger partial charge in [0.05, 0.1) is 18.2 Å². The highest BCUT2D eigenvalue weighted by Crippen LogP contribution is 2.29. The van der Waals surface area contributed by atoms with Crippen LogP contribution in [0.15, 0.2) is 84.6 Å². The highest BCUT2D eigenvalue weighted by Gasteiger charge is 2.46. The molecule has 11 nitrogen and oxygen atoms in total. The number of Topliss-reactive ketones (excluding diaryl/α,β-unsaturated/α-hetero) is 1. The van der Waals surface area contributed by atoms with Crippen LogP contribution in [-0.2, 0) is 25.6 Å². The second-order valence-electron chi connectivity index (χ2n) is 10.3. The minimum atomic E-state index is -1.71. The van der Waals surface area contributed by atoms with Gasteiger partial charge in [-0.15, -0.1) is 0 Å². The summed E-state index contributed by atoms with van der Waals surface area (Å²) in [7, 11) is 0. The Morgan fingerprint density at radius 1 is 1.00 bits per heavy atom. The molecular weight excluding hydrogens is 538 g/mol. The Labute approximate surface area is 242 Å². The van der Waals surface area contributed by atoms with Gasteiger partial charge >= 0.3 is 12.2 Å². The van der Waals surface area contributed by atoms with Gasteiger partial charge in [0, 0.05) is 12.0 Å². The van der Waals surface area contributed by atoms with Crippen molar-refractivity contribution >= 4 is 40.6 Å². The molecule has 1 aliphatic heterocycles. The van der Waals surface area contributed by atoms with Crippen molar-refractivity contribution in [2.24, 2.45) is 5.92 Å². The second-order valence-corrected chi connectivity index (χ2v) is 10.3. The van der Waals surface area contributed by atoms with Gasteiger partial charge in [0.1, 0.15) is 6.04 Å². The van der Waals surface area contributed by atoms with Gasteiger partial charge in [-0.2, -0.15) is 4.79 Å². The van der Waals surface area contributed by atoms with Gasteiger partial charge in [0.2, 0.25) is 0 Å². The van der Waals surface area contributed by atoms with E-state index in [1.54, 1.807) is 36.4 Å². The molecule has 0 saturated carbocycles. The summed E-state index contributed by atoms with van der Waals surface area (Å²) in [6.45, 7) is 3.81. The fraction of sp³-hybridized carbons (Fsp3) is 0.258. The number of carboxylic acids is 1. The summed E-state index contributed by atoms with van der Waals surface area (Å²) >= 11 is 0. The van der Waals surface area contributed by atoms with E-state index in [0.29, 0.717) is 17.5 Å². The number of carboxylic acid groups (broad SMARTS) is 1. The maximum atomic E-state index is 13.7. The molecule has 3 atom stereocenters. The predicted octanol–water partition coefficient (Wildman–Crippen LogP) is 2.82. The molecule has 42 heavy (non-hydrogen) atoms. The average molecular weight is 570 g/mol. The minimum Gasteiger partial charge on any atom is -0.481 e. The van der Waals surface area contributed by atoms with Crippen LogP contribution in [0.1, 0.15) is 36.2 Å². The molecule has 0 fully saturated rings. The summed E-state index contributed by atoms with van der Waals surface area (Å²) in [6.07, 6.45) is 1.37. The summed E-state index contributed by atoms with van der Waals surface area (Å²) in [6, 6.07) is 19.9. The molecule has 4 N–H and O–H groups in total. The van der Waals surface area contributed by atoms with Gasteiger partial charge in [0.25, 0.3) is 17.6 Å². The third kappa shape index (κ3) is 6.77. The average Bonchev–Trinajstić information content (AvgIpc) is 3.40. The largest absolute Gasteiger partial charge is 0.481 e. The predicted molar refractivity (Wildman–Crippen MR) is 154 cm³/mol. The molecular formula is C31H31N5O6. The van der Waals surface area contributed by atoms with Crippen LogP contribution < -0.4 is 16.1 Å². The fourth-order valence-corrected chi connectivity index (χ4v) is 4.86. The van der Waals surface area contributed by atoms with Crippen molar-refractivity contribution in [2.75, 3.05) is 0 Å². The molecule has 0 bridgehead atoms. The molecule has 1 unspecified atom stereocenters. The molecule has 1 heterocycles. The number of aliphatic carboxylic acids is 1. The zero-order valence-electron chi connectivity index (χ0n) is 23.1. The fourth-order valence-electron chi connectivity index (χ4n) is 4.86. The molecule has 0 aromatic heterocycles. The Morgan fingerprint density at radius 3 is 2.38 bits per heavy atom. The number of ketones is 1. The highest BCUT2D eigenvalue weighted by molar-refractivity contribution is 6.28. The van der Waals surface area contributed by atoms with Crippen molar-refractivity contribution in [1.29, 1.82) is 0 Å². The normalized spacial score (nSPS) is 17.4. The van der Waals surface area contributed by atoms with E-state index in [-0.39, 0.29) is 18.2 Å². The van der Waals surface area contributed by atoms with Gasteiger partial charge in [-0.25, -0.2) is 0 Å². The number of hydrogen-bond acceptors (Lipinski definition) is 6. The summed E-state index contributed by atoms with van der Waals surface area (Å²) in [5.41, 5.74) is 11.5. The Bertz CT molecular complexity index is 1580. The zero-order chi connectivity index (χ0) is 30.3. The third-order valence-corrected chi connectivity index (χ3v) is 6.97. The van der Waals surface area contributed by atoms with Gasteiger partial charge < -0.3 is 21.3 Å². The number of rotatable bonds is 12. The van der Waals surface area contributed by atoms with Crippen LogP contribution >= 0.6 is 0 Å². The topological polar surface area (TPSA) is 170 Å². The molecule has 3 aromatic carbocycles. The molecule has 216 valence electrons. The number of hydrogen-bond donors (Lipinski definition) is 4. The second kappa shape index (κ2) is 13.0. The van der Waals surface area contributed by atoms with Crippen molar-refractivity contribution in [3.63, 3.8) is 0 Å². The van der Waals surface area contributed by atoms with Crippen molar-refractivity contribution in [1.82, 2.24) is 16.1 Å². The van der Waals surface area contributed by atoms with Gasteiger partial charge in [-0.1, -0.05) is 80.6 Å². The first-order valence-corrected chi connectivity index (χ1v) is 13.4. The molecule has 1 aliphatic rings. The first-order chi connectivity index (χ1) is 20.1.